The number of rotatable bonds is 5. The number of amides is 1. The Labute approximate surface area is 209 Å². The minimum Gasteiger partial charge on any atom is -0.489 e. The molecule has 0 unspecified atom stereocenters. The highest BCUT2D eigenvalue weighted by molar-refractivity contribution is 6.07. The van der Waals surface area contributed by atoms with E-state index in [1.54, 1.807) is 0 Å². The molecule has 1 amide bonds. The van der Waals surface area contributed by atoms with Gasteiger partial charge in [0, 0.05) is 18.1 Å². The number of carbonyl (C=O) groups excluding carboxylic acids is 1. The van der Waals surface area contributed by atoms with Gasteiger partial charge in [0.1, 0.15) is 12.4 Å². The van der Waals surface area contributed by atoms with Crippen LogP contribution in [0.15, 0.2) is 114 Å². The maximum atomic E-state index is 12.5. The molecule has 0 spiro atoms. The van der Waals surface area contributed by atoms with Crippen LogP contribution in [0.1, 0.15) is 29.8 Å². The van der Waals surface area contributed by atoms with Crippen molar-refractivity contribution in [1.82, 2.24) is 5.01 Å². The highest BCUT2D eigenvalue weighted by Crippen LogP contribution is 2.34. The van der Waals surface area contributed by atoms with E-state index < -0.39 is 6.23 Å². The molecule has 0 aromatic heterocycles. The molecule has 0 aliphatic carbocycles. The molecule has 5 aromatic carbocycles. The number of benzene rings is 5. The van der Waals surface area contributed by atoms with Gasteiger partial charge in [0.05, 0.1) is 0 Å². The molecule has 5 heteroatoms. The Morgan fingerprint density at radius 1 is 0.833 bits per heavy atom. The van der Waals surface area contributed by atoms with Crippen molar-refractivity contribution in [3.63, 3.8) is 0 Å². The minimum absolute atomic E-state index is 0.197. The summed E-state index contributed by atoms with van der Waals surface area (Å²) in [5, 5.41) is 10.4. The van der Waals surface area contributed by atoms with Gasteiger partial charge in [-0.05, 0) is 45.3 Å². The van der Waals surface area contributed by atoms with Gasteiger partial charge in [-0.3, -0.25) is 4.79 Å². The summed E-state index contributed by atoms with van der Waals surface area (Å²) in [5.41, 5.74) is 2.76. The van der Waals surface area contributed by atoms with E-state index in [2.05, 4.69) is 29.4 Å². The summed E-state index contributed by atoms with van der Waals surface area (Å²) < 4.78 is 12.5. The Kier molecular flexibility index (Phi) is 5.58. The highest BCUT2D eigenvalue weighted by atomic mass is 16.5. The summed E-state index contributed by atoms with van der Waals surface area (Å²) in [4.78, 5) is 12.5. The second-order valence-corrected chi connectivity index (χ2v) is 8.77. The maximum Gasteiger partial charge on any atom is 0.243 e. The van der Waals surface area contributed by atoms with Crippen LogP contribution >= 0.6 is 0 Å². The van der Waals surface area contributed by atoms with Crippen LogP contribution in [0, 0.1) is 0 Å². The molecular formula is C31H24N2O3. The Morgan fingerprint density at radius 3 is 2.31 bits per heavy atom. The van der Waals surface area contributed by atoms with Gasteiger partial charge in [-0.1, -0.05) is 91.0 Å². The highest BCUT2D eigenvalue weighted by Gasteiger charge is 2.33. The molecule has 1 aliphatic heterocycles. The van der Waals surface area contributed by atoms with Gasteiger partial charge < -0.3 is 9.47 Å². The predicted octanol–water partition coefficient (Wildman–Crippen LogP) is 6.81. The first-order valence-corrected chi connectivity index (χ1v) is 11.9. The normalized spacial score (nSPS) is 15.1. The van der Waals surface area contributed by atoms with Gasteiger partial charge in [0.25, 0.3) is 0 Å². The second kappa shape index (κ2) is 9.19. The fraction of sp³-hybridized carbons (Fsp3) is 0.0968. The first-order chi connectivity index (χ1) is 17.7. The molecule has 0 N–H and O–H groups in total. The molecule has 0 saturated carbocycles. The molecule has 1 heterocycles. The van der Waals surface area contributed by atoms with E-state index in [0.717, 1.165) is 27.5 Å². The lowest BCUT2D eigenvalue weighted by Crippen LogP contribution is -2.25. The fourth-order valence-electron chi connectivity index (χ4n) is 4.64. The topological polar surface area (TPSA) is 51.1 Å². The van der Waals surface area contributed by atoms with Crippen LogP contribution in [0.3, 0.4) is 0 Å². The van der Waals surface area contributed by atoms with Gasteiger partial charge in [-0.2, -0.15) is 5.01 Å². The van der Waals surface area contributed by atoms with Crippen molar-refractivity contribution in [2.45, 2.75) is 19.8 Å². The first kappa shape index (κ1) is 21.9. The number of ether oxygens (including phenoxy) is 2. The van der Waals surface area contributed by atoms with Crippen molar-refractivity contribution in [1.29, 1.82) is 0 Å². The number of carbonyl (C=O) groups is 1. The van der Waals surface area contributed by atoms with Gasteiger partial charge in [0.2, 0.25) is 18.0 Å². The van der Waals surface area contributed by atoms with Gasteiger partial charge in [0.15, 0.2) is 0 Å². The Hall–Kier alpha value is -4.64. The van der Waals surface area contributed by atoms with E-state index >= 15 is 0 Å². The zero-order valence-electron chi connectivity index (χ0n) is 19.8. The molecule has 36 heavy (non-hydrogen) atoms. The average Bonchev–Trinajstić information content (AvgIpc) is 3.38. The number of fused-ring (bicyclic) bond motifs is 2. The van der Waals surface area contributed by atoms with Crippen molar-refractivity contribution in [3.8, 4) is 5.75 Å². The van der Waals surface area contributed by atoms with Crippen LogP contribution < -0.4 is 4.74 Å². The van der Waals surface area contributed by atoms with Crippen LogP contribution in [0.2, 0.25) is 0 Å². The third-order valence-electron chi connectivity index (χ3n) is 6.40. The molecule has 0 saturated heterocycles. The van der Waals surface area contributed by atoms with E-state index in [1.807, 2.05) is 84.9 Å². The van der Waals surface area contributed by atoms with E-state index in [-0.39, 0.29) is 5.91 Å². The van der Waals surface area contributed by atoms with Gasteiger partial charge >= 0.3 is 0 Å². The quantitative estimate of drug-likeness (QED) is 0.282. The van der Waals surface area contributed by atoms with Gasteiger partial charge in [-0.25, -0.2) is 0 Å². The molecule has 0 bridgehead atoms. The summed E-state index contributed by atoms with van der Waals surface area (Å²) in [6.07, 6.45) is -0.669. The van der Waals surface area contributed by atoms with Crippen LogP contribution in [-0.2, 0) is 16.1 Å². The SMILES string of the molecule is CC(=O)N1N=C(c2cccc3ccccc23)O[C@@H]1c1cccc(OCc2cccc3ccccc23)c1. The summed E-state index contributed by atoms with van der Waals surface area (Å²) >= 11 is 0. The van der Waals surface area contributed by atoms with Crippen molar-refractivity contribution in [2.75, 3.05) is 0 Å². The summed E-state index contributed by atoms with van der Waals surface area (Å²) in [7, 11) is 0. The van der Waals surface area contributed by atoms with Gasteiger partial charge in [-0.15, -0.1) is 5.10 Å². The second-order valence-electron chi connectivity index (χ2n) is 8.77. The molecule has 1 atom stereocenters. The van der Waals surface area contributed by atoms with E-state index in [0.29, 0.717) is 18.3 Å². The van der Waals surface area contributed by atoms with Crippen LogP contribution in [-0.4, -0.2) is 16.8 Å². The van der Waals surface area contributed by atoms with Crippen LogP contribution in [0.25, 0.3) is 21.5 Å². The summed E-state index contributed by atoms with van der Waals surface area (Å²) in [6.45, 7) is 1.93. The Bertz CT molecular complexity index is 1610. The van der Waals surface area contributed by atoms with E-state index in [9.17, 15) is 4.79 Å². The van der Waals surface area contributed by atoms with Crippen molar-refractivity contribution >= 4 is 33.3 Å². The minimum atomic E-state index is -0.669. The van der Waals surface area contributed by atoms with Crippen molar-refractivity contribution < 1.29 is 14.3 Å². The number of hydrogen-bond donors (Lipinski definition) is 0. The molecule has 5 aromatic rings. The molecule has 1 aliphatic rings. The molecule has 176 valence electrons. The molecule has 6 rings (SSSR count). The first-order valence-electron chi connectivity index (χ1n) is 11.9. The van der Waals surface area contributed by atoms with Crippen LogP contribution in [0.5, 0.6) is 5.75 Å². The summed E-state index contributed by atoms with van der Waals surface area (Å²) in [5.74, 6) is 0.928. The molecular weight excluding hydrogens is 448 g/mol. The third kappa shape index (κ3) is 4.05. The smallest absolute Gasteiger partial charge is 0.243 e. The van der Waals surface area contributed by atoms with E-state index in [4.69, 9.17) is 9.47 Å². The third-order valence-corrected chi connectivity index (χ3v) is 6.40. The fourth-order valence-corrected chi connectivity index (χ4v) is 4.64. The van der Waals surface area contributed by atoms with E-state index in [1.165, 1.54) is 22.7 Å². The van der Waals surface area contributed by atoms with Crippen LogP contribution in [0.4, 0.5) is 0 Å². The lowest BCUT2D eigenvalue weighted by molar-refractivity contribution is -0.135. The Balaban J connectivity index is 1.27. The monoisotopic (exact) mass is 472 g/mol. The largest absolute Gasteiger partial charge is 0.489 e. The lowest BCUT2D eigenvalue weighted by Gasteiger charge is -2.20. The van der Waals surface area contributed by atoms with Crippen molar-refractivity contribution in [2.24, 2.45) is 5.10 Å². The predicted molar refractivity (Wildman–Crippen MR) is 142 cm³/mol. The average molecular weight is 473 g/mol. The van der Waals surface area contributed by atoms with Crippen molar-refractivity contribution in [3.05, 3.63) is 126 Å². The standard InChI is InChI=1S/C31H24N2O3/c1-21(34)33-31(36-30(32-33)29-18-8-12-23-10-3-5-17-28(23)29)24-13-7-15-26(19-24)35-20-25-14-6-11-22-9-2-4-16-27(22)25/h2-19,31H,20H2,1H3/t31-/m1/s1. The zero-order chi connectivity index (χ0) is 24.5. The number of nitrogens with zero attached hydrogens (tertiary/aromatic N) is 2. The maximum absolute atomic E-state index is 12.5. The molecule has 0 radical (unpaired) electrons. The lowest BCUT2D eigenvalue weighted by atomic mass is 10.0. The Morgan fingerprint density at radius 2 is 1.50 bits per heavy atom. The zero-order valence-corrected chi connectivity index (χ0v) is 19.8. The number of hydrogen-bond acceptors (Lipinski definition) is 4. The molecule has 5 nitrogen and oxygen atoms in total. The molecule has 0 fully saturated rings. The number of hydrazone groups is 1. The summed E-state index contributed by atoms with van der Waals surface area (Å²) in [6, 6.07) is 36.2.